The maximum atomic E-state index is 13.7. The van der Waals surface area contributed by atoms with Gasteiger partial charge in [-0.3, -0.25) is 4.68 Å². The summed E-state index contributed by atoms with van der Waals surface area (Å²) in [5.41, 5.74) is 1.82. The molecule has 3 N–H and O–H groups in total. The molecule has 0 fully saturated rings. The first-order valence-electron chi connectivity index (χ1n) is 7.26. The SMILES string of the molecule is Cn1cnc(Nc2cc(NCc3ccccc3F)c(C=N)cn2)n1. The summed E-state index contributed by atoms with van der Waals surface area (Å²) < 4.78 is 15.3. The van der Waals surface area contributed by atoms with Crippen molar-refractivity contribution in [3.63, 3.8) is 0 Å². The second-order valence-electron chi connectivity index (χ2n) is 5.11. The van der Waals surface area contributed by atoms with E-state index in [0.717, 1.165) is 0 Å². The number of rotatable bonds is 6. The molecule has 0 saturated carbocycles. The van der Waals surface area contributed by atoms with Crippen molar-refractivity contribution in [1.82, 2.24) is 19.7 Å². The van der Waals surface area contributed by atoms with Gasteiger partial charge in [0.05, 0.1) is 0 Å². The van der Waals surface area contributed by atoms with Crippen molar-refractivity contribution in [3.05, 3.63) is 59.8 Å². The van der Waals surface area contributed by atoms with E-state index in [2.05, 4.69) is 25.7 Å². The number of halogens is 1. The van der Waals surface area contributed by atoms with Gasteiger partial charge in [0.25, 0.3) is 0 Å². The number of nitrogens with one attached hydrogen (secondary N) is 3. The number of anilines is 3. The zero-order valence-electron chi connectivity index (χ0n) is 13.0. The fourth-order valence-electron chi connectivity index (χ4n) is 2.15. The van der Waals surface area contributed by atoms with Gasteiger partial charge >= 0.3 is 0 Å². The van der Waals surface area contributed by atoms with Crippen LogP contribution in [0.3, 0.4) is 0 Å². The summed E-state index contributed by atoms with van der Waals surface area (Å²) >= 11 is 0. The highest BCUT2D eigenvalue weighted by Gasteiger charge is 2.07. The first-order valence-corrected chi connectivity index (χ1v) is 7.26. The first-order chi connectivity index (χ1) is 11.7. The Kier molecular flexibility index (Phi) is 4.46. The highest BCUT2D eigenvalue weighted by atomic mass is 19.1. The Balaban J connectivity index is 1.79. The number of pyridine rings is 1. The van der Waals surface area contributed by atoms with Crippen LogP contribution in [0.5, 0.6) is 0 Å². The predicted octanol–water partition coefficient (Wildman–Crippen LogP) is 2.70. The van der Waals surface area contributed by atoms with Gasteiger partial charge < -0.3 is 16.0 Å². The maximum Gasteiger partial charge on any atom is 0.247 e. The lowest BCUT2D eigenvalue weighted by molar-refractivity contribution is 0.613. The zero-order valence-corrected chi connectivity index (χ0v) is 13.0. The van der Waals surface area contributed by atoms with E-state index in [1.165, 1.54) is 12.3 Å². The molecule has 1 aromatic carbocycles. The largest absolute Gasteiger partial charge is 0.380 e. The molecule has 0 aliphatic rings. The minimum atomic E-state index is -0.272. The number of hydrogen-bond acceptors (Lipinski definition) is 6. The topological polar surface area (TPSA) is 91.5 Å². The van der Waals surface area contributed by atoms with E-state index in [1.807, 2.05) is 0 Å². The molecule has 0 radical (unpaired) electrons. The average Bonchev–Trinajstić information content (AvgIpc) is 2.99. The number of aryl methyl sites for hydroxylation is 1. The van der Waals surface area contributed by atoms with Gasteiger partial charge in [-0.2, -0.15) is 0 Å². The fourth-order valence-corrected chi connectivity index (χ4v) is 2.15. The van der Waals surface area contributed by atoms with Crippen molar-refractivity contribution < 1.29 is 4.39 Å². The molecule has 0 aliphatic carbocycles. The number of hydrogen-bond donors (Lipinski definition) is 3. The summed E-state index contributed by atoms with van der Waals surface area (Å²) in [6.45, 7) is 0.304. The second-order valence-corrected chi connectivity index (χ2v) is 5.11. The molecule has 0 aliphatic heterocycles. The van der Waals surface area contributed by atoms with Crippen LogP contribution in [0.4, 0.5) is 21.8 Å². The highest BCUT2D eigenvalue weighted by molar-refractivity contribution is 5.86. The van der Waals surface area contributed by atoms with Gasteiger partial charge in [0, 0.05) is 48.9 Å². The molecule has 0 atom stereocenters. The maximum absolute atomic E-state index is 13.7. The Labute approximate surface area is 138 Å². The molecule has 3 rings (SSSR count). The zero-order chi connectivity index (χ0) is 16.9. The van der Waals surface area contributed by atoms with Crippen molar-refractivity contribution >= 4 is 23.7 Å². The number of aromatic nitrogens is 4. The lowest BCUT2D eigenvalue weighted by atomic mass is 10.2. The Morgan fingerprint density at radius 2 is 2.12 bits per heavy atom. The lowest BCUT2D eigenvalue weighted by Gasteiger charge is -2.11. The molecule has 24 heavy (non-hydrogen) atoms. The normalized spacial score (nSPS) is 10.4. The van der Waals surface area contributed by atoms with Gasteiger partial charge in [-0.15, -0.1) is 5.10 Å². The number of benzene rings is 1. The molecule has 2 aromatic heterocycles. The van der Waals surface area contributed by atoms with E-state index in [9.17, 15) is 4.39 Å². The Bertz CT molecular complexity index is 859. The van der Waals surface area contributed by atoms with E-state index >= 15 is 0 Å². The van der Waals surface area contributed by atoms with E-state index in [0.29, 0.717) is 35.1 Å². The number of nitrogens with zero attached hydrogens (tertiary/aromatic N) is 4. The van der Waals surface area contributed by atoms with Crippen molar-refractivity contribution in [3.8, 4) is 0 Å². The summed E-state index contributed by atoms with van der Waals surface area (Å²) in [7, 11) is 1.77. The summed E-state index contributed by atoms with van der Waals surface area (Å²) in [6, 6.07) is 8.29. The van der Waals surface area contributed by atoms with Crippen molar-refractivity contribution in [2.75, 3.05) is 10.6 Å². The third kappa shape index (κ3) is 3.54. The van der Waals surface area contributed by atoms with E-state index in [-0.39, 0.29) is 5.82 Å². The Hall–Kier alpha value is -3.29. The van der Waals surface area contributed by atoms with Crippen LogP contribution in [0.15, 0.2) is 42.9 Å². The monoisotopic (exact) mass is 325 g/mol. The lowest BCUT2D eigenvalue weighted by Crippen LogP contribution is -2.06. The Morgan fingerprint density at radius 3 is 2.83 bits per heavy atom. The molecular weight excluding hydrogens is 309 g/mol. The van der Waals surface area contributed by atoms with Crippen molar-refractivity contribution in [1.29, 1.82) is 5.41 Å². The molecule has 2 heterocycles. The molecule has 0 bridgehead atoms. The van der Waals surface area contributed by atoms with E-state index in [1.54, 1.807) is 48.5 Å². The smallest absolute Gasteiger partial charge is 0.247 e. The van der Waals surface area contributed by atoms with E-state index in [4.69, 9.17) is 5.41 Å². The first kappa shape index (κ1) is 15.6. The van der Waals surface area contributed by atoms with Crippen LogP contribution in [0, 0.1) is 11.2 Å². The van der Waals surface area contributed by atoms with Crippen LogP contribution in [-0.2, 0) is 13.6 Å². The molecule has 7 nitrogen and oxygen atoms in total. The van der Waals surface area contributed by atoms with Crippen LogP contribution in [0.25, 0.3) is 0 Å². The average molecular weight is 325 g/mol. The van der Waals surface area contributed by atoms with Gasteiger partial charge in [0.2, 0.25) is 5.95 Å². The minimum Gasteiger partial charge on any atom is -0.380 e. The standard InChI is InChI=1S/C16H16FN7/c1-24-10-21-16(23-24)22-15-6-14(12(7-18)9-20-15)19-8-11-4-2-3-5-13(11)17/h2-7,9-10,18H,8H2,1H3,(H2,19,20,22,23). The molecular formula is C16H16FN7. The van der Waals surface area contributed by atoms with Crippen molar-refractivity contribution in [2.24, 2.45) is 7.05 Å². The second kappa shape index (κ2) is 6.86. The molecule has 0 saturated heterocycles. The molecule has 0 amide bonds. The molecule has 0 unspecified atom stereocenters. The third-order valence-corrected chi connectivity index (χ3v) is 3.36. The van der Waals surface area contributed by atoms with Gasteiger partial charge in [-0.1, -0.05) is 18.2 Å². The minimum absolute atomic E-state index is 0.272. The Morgan fingerprint density at radius 1 is 1.29 bits per heavy atom. The molecule has 0 spiro atoms. The van der Waals surface area contributed by atoms with Gasteiger partial charge in [0.1, 0.15) is 18.0 Å². The van der Waals surface area contributed by atoms with Crippen LogP contribution in [0.2, 0.25) is 0 Å². The molecule has 3 aromatic rings. The molecule has 122 valence electrons. The summed E-state index contributed by atoms with van der Waals surface area (Å²) in [5, 5.41) is 17.7. The molecule has 8 heteroatoms. The predicted molar refractivity (Wildman–Crippen MR) is 90.1 cm³/mol. The van der Waals surface area contributed by atoms with Crippen LogP contribution < -0.4 is 10.6 Å². The fraction of sp³-hybridized carbons (Fsp3) is 0.125. The van der Waals surface area contributed by atoms with E-state index < -0.39 is 0 Å². The summed E-state index contributed by atoms with van der Waals surface area (Å²) in [5.74, 6) is 0.682. The summed E-state index contributed by atoms with van der Waals surface area (Å²) in [6.07, 6.45) is 4.33. The van der Waals surface area contributed by atoms with Crippen LogP contribution in [-0.4, -0.2) is 26.0 Å². The summed E-state index contributed by atoms with van der Waals surface area (Å²) in [4.78, 5) is 8.30. The highest BCUT2D eigenvalue weighted by Crippen LogP contribution is 2.20. The van der Waals surface area contributed by atoms with Gasteiger partial charge in [-0.25, -0.2) is 14.4 Å². The van der Waals surface area contributed by atoms with Gasteiger partial charge in [-0.05, 0) is 6.07 Å². The quantitative estimate of drug-likeness (QED) is 0.606. The van der Waals surface area contributed by atoms with Crippen molar-refractivity contribution in [2.45, 2.75) is 6.54 Å². The third-order valence-electron chi connectivity index (χ3n) is 3.36. The van der Waals surface area contributed by atoms with Gasteiger partial charge in [0.15, 0.2) is 0 Å². The van der Waals surface area contributed by atoms with Crippen LogP contribution >= 0.6 is 0 Å². The van der Waals surface area contributed by atoms with Crippen LogP contribution in [0.1, 0.15) is 11.1 Å².